The molecule has 0 atom stereocenters. The van der Waals surface area contributed by atoms with E-state index in [0.717, 1.165) is 19.5 Å². The quantitative estimate of drug-likeness (QED) is 0.780. The molecule has 0 aliphatic heterocycles. The van der Waals surface area contributed by atoms with Gasteiger partial charge in [0.05, 0.1) is 0 Å². The monoisotopic (exact) mass is 240 g/mol. The van der Waals surface area contributed by atoms with Crippen molar-refractivity contribution < 1.29 is 0 Å². The fraction of sp³-hybridized carbons (Fsp3) is 0.312. The van der Waals surface area contributed by atoms with Gasteiger partial charge in [-0.3, -0.25) is 4.98 Å². The van der Waals surface area contributed by atoms with Crippen molar-refractivity contribution in [3.63, 3.8) is 0 Å². The molecule has 1 N–H and O–H groups in total. The summed E-state index contributed by atoms with van der Waals surface area (Å²) in [5, 5.41) is 5.86. The number of aromatic nitrogens is 1. The molecule has 2 heteroatoms. The lowest BCUT2D eigenvalue weighted by atomic mass is 10.1. The van der Waals surface area contributed by atoms with Gasteiger partial charge in [0.2, 0.25) is 0 Å². The summed E-state index contributed by atoms with van der Waals surface area (Å²) in [6.07, 6.45) is 10.5. The van der Waals surface area contributed by atoms with E-state index in [9.17, 15) is 0 Å². The van der Waals surface area contributed by atoms with Gasteiger partial charge in [0.25, 0.3) is 0 Å². The van der Waals surface area contributed by atoms with Gasteiger partial charge in [-0.05, 0) is 42.9 Å². The highest BCUT2D eigenvalue weighted by atomic mass is 14.8. The predicted octanol–water partition coefficient (Wildman–Crippen LogP) is 3.64. The zero-order valence-corrected chi connectivity index (χ0v) is 10.9. The van der Waals surface area contributed by atoms with Crippen LogP contribution in [0.25, 0.3) is 16.8 Å². The summed E-state index contributed by atoms with van der Waals surface area (Å²) in [6, 6.07) is 8.41. The van der Waals surface area contributed by atoms with E-state index < -0.39 is 0 Å². The summed E-state index contributed by atoms with van der Waals surface area (Å²) in [4.78, 5) is 4.20. The number of pyridine rings is 1. The molecule has 1 aromatic heterocycles. The zero-order valence-electron chi connectivity index (χ0n) is 10.9. The Morgan fingerprint density at radius 1 is 1.22 bits per heavy atom. The van der Waals surface area contributed by atoms with Crippen molar-refractivity contribution in [3.8, 4) is 0 Å². The zero-order chi connectivity index (χ0) is 12.6. The van der Waals surface area contributed by atoms with Crippen molar-refractivity contribution >= 4 is 16.8 Å². The van der Waals surface area contributed by atoms with Gasteiger partial charge >= 0.3 is 0 Å². The first-order chi connectivity index (χ1) is 8.92. The van der Waals surface area contributed by atoms with Crippen molar-refractivity contribution in [2.24, 2.45) is 0 Å². The van der Waals surface area contributed by atoms with Gasteiger partial charge in [-0.2, -0.15) is 0 Å². The lowest BCUT2D eigenvalue weighted by Gasteiger charge is -2.01. The third-order valence-electron chi connectivity index (χ3n) is 2.93. The second kappa shape index (κ2) is 6.92. The van der Waals surface area contributed by atoms with Gasteiger partial charge in [0.1, 0.15) is 0 Å². The van der Waals surface area contributed by atoms with E-state index in [-0.39, 0.29) is 0 Å². The van der Waals surface area contributed by atoms with Crippen molar-refractivity contribution in [2.75, 3.05) is 13.1 Å². The maximum atomic E-state index is 4.20. The Labute approximate surface area is 109 Å². The molecule has 2 aromatic rings. The second-order valence-corrected chi connectivity index (χ2v) is 4.39. The van der Waals surface area contributed by atoms with E-state index in [4.69, 9.17) is 0 Å². The molecule has 2 nitrogen and oxygen atoms in total. The average Bonchev–Trinajstić information content (AvgIpc) is 2.43. The number of nitrogens with one attached hydrogen (secondary N) is 1. The molecule has 94 valence electrons. The Kier molecular flexibility index (Phi) is 4.91. The van der Waals surface area contributed by atoms with Crippen LogP contribution >= 0.6 is 0 Å². The molecular weight excluding hydrogens is 220 g/mol. The molecule has 0 unspecified atom stereocenters. The van der Waals surface area contributed by atoms with Crippen LogP contribution in [0, 0.1) is 0 Å². The molecule has 1 aromatic carbocycles. The molecule has 18 heavy (non-hydrogen) atoms. The van der Waals surface area contributed by atoms with Crippen molar-refractivity contribution in [2.45, 2.75) is 19.8 Å². The van der Waals surface area contributed by atoms with Gasteiger partial charge in [-0.1, -0.05) is 37.3 Å². The van der Waals surface area contributed by atoms with Gasteiger partial charge in [0, 0.05) is 17.8 Å². The number of fused-ring (bicyclic) bond motifs is 1. The minimum atomic E-state index is 1.05. The number of nitrogens with zero attached hydrogens (tertiary/aromatic N) is 1. The number of hydrogen-bond donors (Lipinski definition) is 1. The molecule has 0 fully saturated rings. The summed E-state index contributed by atoms with van der Waals surface area (Å²) >= 11 is 0. The molecule has 2 rings (SSSR count). The average molecular weight is 240 g/mol. The standard InChI is InChI=1S/C16H20N2/c1-2-10-17-11-4-3-6-14-7-5-8-15-9-12-18-13-16(14)15/h3,5-9,12-13,17H,2,4,10-11H2,1H3/b6-3+. The van der Waals surface area contributed by atoms with E-state index in [1.807, 2.05) is 12.4 Å². The highest BCUT2D eigenvalue weighted by Gasteiger charge is 1.96. The first-order valence-electron chi connectivity index (χ1n) is 6.62. The number of rotatable bonds is 6. The van der Waals surface area contributed by atoms with Crippen LogP contribution in [0.4, 0.5) is 0 Å². The molecule has 0 spiro atoms. The van der Waals surface area contributed by atoms with Crippen LogP contribution in [0.3, 0.4) is 0 Å². The normalized spacial score (nSPS) is 11.4. The molecule has 0 saturated carbocycles. The third-order valence-corrected chi connectivity index (χ3v) is 2.93. The molecule has 0 aliphatic carbocycles. The van der Waals surface area contributed by atoms with Gasteiger partial charge < -0.3 is 5.32 Å². The molecule has 0 aliphatic rings. The summed E-state index contributed by atoms with van der Waals surface area (Å²) in [5.41, 5.74) is 1.25. The highest BCUT2D eigenvalue weighted by Crippen LogP contribution is 2.18. The van der Waals surface area contributed by atoms with Crippen LogP contribution in [0.15, 0.2) is 42.7 Å². The maximum absolute atomic E-state index is 4.20. The number of benzene rings is 1. The van der Waals surface area contributed by atoms with Crippen LogP contribution in [-0.4, -0.2) is 18.1 Å². The molecule has 1 heterocycles. The van der Waals surface area contributed by atoms with Gasteiger partial charge in [-0.25, -0.2) is 0 Å². The maximum Gasteiger partial charge on any atom is 0.0352 e. The van der Waals surface area contributed by atoms with E-state index in [2.05, 4.69) is 53.6 Å². The fourth-order valence-corrected chi connectivity index (χ4v) is 1.98. The largest absolute Gasteiger partial charge is 0.316 e. The lowest BCUT2D eigenvalue weighted by molar-refractivity contribution is 0.679. The third kappa shape index (κ3) is 3.41. The summed E-state index contributed by atoms with van der Waals surface area (Å²) < 4.78 is 0. The van der Waals surface area contributed by atoms with Crippen LogP contribution in [0.2, 0.25) is 0 Å². The SMILES string of the molecule is CCCNCC/C=C/c1cccc2ccncc12. The van der Waals surface area contributed by atoms with Crippen LogP contribution in [0.1, 0.15) is 25.3 Å². The molecule has 0 saturated heterocycles. The number of hydrogen-bond acceptors (Lipinski definition) is 2. The minimum Gasteiger partial charge on any atom is -0.316 e. The smallest absolute Gasteiger partial charge is 0.0352 e. The summed E-state index contributed by atoms with van der Waals surface area (Å²) in [7, 11) is 0. The topological polar surface area (TPSA) is 24.9 Å². The Bertz CT molecular complexity index is 512. The first kappa shape index (κ1) is 12.8. The molecule has 0 radical (unpaired) electrons. The predicted molar refractivity (Wildman–Crippen MR) is 78.6 cm³/mol. The Morgan fingerprint density at radius 3 is 3.06 bits per heavy atom. The summed E-state index contributed by atoms with van der Waals surface area (Å²) in [5.74, 6) is 0. The Hall–Kier alpha value is -1.67. The molecular formula is C16H20N2. The van der Waals surface area contributed by atoms with Crippen LogP contribution in [0.5, 0.6) is 0 Å². The Morgan fingerprint density at radius 2 is 2.17 bits per heavy atom. The van der Waals surface area contributed by atoms with Gasteiger partial charge in [-0.15, -0.1) is 0 Å². The van der Waals surface area contributed by atoms with E-state index in [0.29, 0.717) is 0 Å². The van der Waals surface area contributed by atoms with E-state index in [1.165, 1.54) is 22.8 Å². The van der Waals surface area contributed by atoms with E-state index in [1.54, 1.807) is 0 Å². The molecule has 0 amide bonds. The van der Waals surface area contributed by atoms with Crippen LogP contribution < -0.4 is 5.32 Å². The van der Waals surface area contributed by atoms with Gasteiger partial charge in [0.15, 0.2) is 0 Å². The molecule has 0 bridgehead atoms. The van der Waals surface area contributed by atoms with Crippen molar-refractivity contribution in [1.82, 2.24) is 10.3 Å². The lowest BCUT2D eigenvalue weighted by Crippen LogP contribution is -2.14. The van der Waals surface area contributed by atoms with E-state index >= 15 is 0 Å². The Balaban J connectivity index is 2.01. The van der Waals surface area contributed by atoms with Crippen molar-refractivity contribution in [1.29, 1.82) is 0 Å². The summed E-state index contributed by atoms with van der Waals surface area (Å²) in [6.45, 7) is 4.34. The minimum absolute atomic E-state index is 1.05. The highest BCUT2D eigenvalue weighted by molar-refractivity contribution is 5.89. The van der Waals surface area contributed by atoms with Crippen molar-refractivity contribution in [3.05, 3.63) is 48.3 Å². The first-order valence-corrected chi connectivity index (χ1v) is 6.62. The second-order valence-electron chi connectivity index (χ2n) is 4.39. The van der Waals surface area contributed by atoms with Crippen LogP contribution in [-0.2, 0) is 0 Å². The fourth-order valence-electron chi connectivity index (χ4n) is 1.98.